The Morgan fingerprint density at radius 3 is 2.65 bits per heavy atom. The van der Waals surface area contributed by atoms with Gasteiger partial charge in [-0.25, -0.2) is 4.98 Å². The molecule has 1 amide bonds. The summed E-state index contributed by atoms with van der Waals surface area (Å²) in [4.78, 5) is 19.0. The SMILES string of the molecule is COc1ccc(OCC(=O)N2CCC[C@H](c3ncc(Cc4ccc(Cl)cc4)o3)C2)cc1. The third-order valence-corrected chi connectivity index (χ3v) is 5.66. The van der Waals surface area contributed by atoms with Gasteiger partial charge >= 0.3 is 0 Å². The average Bonchev–Trinajstić information content (AvgIpc) is 3.28. The Morgan fingerprint density at radius 1 is 1.16 bits per heavy atom. The lowest BCUT2D eigenvalue weighted by Crippen LogP contribution is -2.41. The van der Waals surface area contributed by atoms with Crippen LogP contribution in [0.2, 0.25) is 5.02 Å². The number of nitrogens with zero attached hydrogens (tertiary/aromatic N) is 2. The van der Waals surface area contributed by atoms with E-state index >= 15 is 0 Å². The van der Waals surface area contributed by atoms with E-state index in [9.17, 15) is 4.79 Å². The van der Waals surface area contributed by atoms with Crippen LogP contribution in [0.25, 0.3) is 0 Å². The van der Waals surface area contributed by atoms with Gasteiger partial charge in [-0.3, -0.25) is 4.79 Å². The number of likely N-dealkylation sites (tertiary alicyclic amines) is 1. The van der Waals surface area contributed by atoms with E-state index in [0.29, 0.717) is 29.6 Å². The maximum atomic E-state index is 12.7. The topological polar surface area (TPSA) is 64.8 Å². The van der Waals surface area contributed by atoms with Crippen LogP contribution in [0.1, 0.15) is 36.0 Å². The summed E-state index contributed by atoms with van der Waals surface area (Å²) in [6, 6.07) is 14.9. The van der Waals surface area contributed by atoms with Crippen molar-refractivity contribution in [3.05, 3.63) is 77.0 Å². The van der Waals surface area contributed by atoms with Gasteiger partial charge in [0.2, 0.25) is 0 Å². The van der Waals surface area contributed by atoms with Crippen molar-refractivity contribution in [2.75, 3.05) is 26.8 Å². The zero-order chi connectivity index (χ0) is 21.6. The van der Waals surface area contributed by atoms with Crippen molar-refractivity contribution >= 4 is 17.5 Å². The molecule has 1 fully saturated rings. The number of oxazole rings is 1. The quantitative estimate of drug-likeness (QED) is 0.532. The van der Waals surface area contributed by atoms with Gasteiger partial charge in [-0.1, -0.05) is 23.7 Å². The molecule has 0 aliphatic carbocycles. The molecule has 0 spiro atoms. The molecular formula is C24H25ClN2O4. The summed E-state index contributed by atoms with van der Waals surface area (Å²) in [5.74, 6) is 2.95. The Morgan fingerprint density at radius 2 is 1.90 bits per heavy atom. The van der Waals surface area contributed by atoms with Crippen molar-refractivity contribution in [3.8, 4) is 11.5 Å². The molecule has 1 saturated heterocycles. The van der Waals surface area contributed by atoms with Crippen molar-refractivity contribution in [2.45, 2.75) is 25.2 Å². The lowest BCUT2D eigenvalue weighted by atomic mass is 9.98. The van der Waals surface area contributed by atoms with E-state index in [2.05, 4.69) is 4.98 Å². The second kappa shape index (κ2) is 9.88. The van der Waals surface area contributed by atoms with Crippen LogP contribution in [0, 0.1) is 0 Å². The van der Waals surface area contributed by atoms with Crippen molar-refractivity contribution < 1.29 is 18.7 Å². The number of aromatic nitrogens is 1. The lowest BCUT2D eigenvalue weighted by Gasteiger charge is -2.31. The van der Waals surface area contributed by atoms with E-state index in [-0.39, 0.29) is 18.4 Å². The predicted octanol–water partition coefficient (Wildman–Crippen LogP) is 4.71. The van der Waals surface area contributed by atoms with Crippen LogP contribution in [-0.2, 0) is 11.2 Å². The Balaban J connectivity index is 1.32. The van der Waals surface area contributed by atoms with Crippen LogP contribution in [0.3, 0.4) is 0 Å². The first-order chi connectivity index (χ1) is 15.1. The van der Waals surface area contributed by atoms with Gasteiger partial charge in [-0.2, -0.15) is 0 Å². The molecule has 0 radical (unpaired) electrons. The molecule has 0 saturated carbocycles. The maximum Gasteiger partial charge on any atom is 0.260 e. The smallest absolute Gasteiger partial charge is 0.260 e. The molecule has 0 bridgehead atoms. The molecule has 2 aromatic carbocycles. The number of benzene rings is 2. The van der Waals surface area contributed by atoms with Gasteiger partial charge in [0, 0.05) is 24.5 Å². The molecule has 1 aromatic heterocycles. The Labute approximate surface area is 186 Å². The molecule has 162 valence electrons. The van der Waals surface area contributed by atoms with Gasteiger partial charge in [0.15, 0.2) is 12.5 Å². The zero-order valence-corrected chi connectivity index (χ0v) is 18.2. The largest absolute Gasteiger partial charge is 0.497 e. The summed E-state index contributed by atoms with van der Waals surface area (Å²) in [6.45, 7) is 1.32. The molecule has 7 heteroatoms. The summed E-state index contributed by atoms with van der Waals surface area (Å²) in [5, 5.41) is 0.713. The average molecular weight is 441 g/mol. The van der Waals surface area contributed by atoms with Crippen LogP contribution >= 0.6 is 11.6 Å². The fourth-order valence-corrected chi connectivity index (χ4v) is 3.84. The number of piperidine rings is 1. The molecule has 4 rings (SSSR count). The van der Waals surface area contributed by atoms with E-state index in [4.69, 9.17) is 25.5 Å². The molecule has 2 heterocycles. The third kappa shape index (κ3) is 5.58. The number of methoxy groups -OCH3 is 1. The molecule has 1 aliphatic rings. The van der Waals surface area contributed by atoms with Crippen LogP contribution in [0.15, 0.2) is 59.1 Å². The van der Waals surface area contributed by atoms with E-state index in [1.807, 2.05) is 29.2 Å². The van der Waals surface area contributed by atoms with Crippen LogP contribution < -0.4 is 9.47 Å². The summed E-state index contributed by atoms with van der Waals surface area (Å²) >= 11 is 5.95. The summed E-state index contributed by atoms with van der Waals surface area (Å²) in [5.41, 5.74) is 1.11. The van der Waals surface area contributed by atoms with Crippen LogP contribution in [0.5, 0.6) is 11.5 Å². The number of hydrogen-bond acceptors (Lipinski definition) is 5. The molecule has 6 nitrogen and oxygen atoms in total. The summed E-state index contributed by atoms with van der Waals surface area (Å²) in [7, 11) is 1.61. The van der Waals surface area contributed by atoms with E-state index in [0.717, 1.165) is 36.5 Å². The maximum absolute atomic E-state index is 12.7. The first-order valence-corrected chi connectivity index (χ1v) is 10.7. The van der Waals surface area contributed by atoms with Crippen molar-refractivity contribution in [1.82, 2.24) is 9.88 Å². The molecule has 0 unspecified atom stereocenters. The van der Waals surface area contributed by atoms with Crippen molar-refractivity contribution in [2.24, 2.45) is 0 Å². The fraction of sp³-hybridized carbons (Fsp3) is 0.333. The number of halogens is 1. The number of carbonyl (C=O) groups is 1. The fourth-order valence-electron chi connectivity index (χ4n) is 3.71. The highest BCUT2D eigenvalue weighted by Crippen LogP contribution is 2.27. The number of ether oxygens (including phenoxy) is 2. The predicted molar refractivity (Wildman–Crippen MR) is 118 cm³/mol. The third-order valence-electron chi connectivity index (χ3n) is 5.41. The van der Waals surface area contributed by atoms with Crippen molar-refractivity contribution in [1.29, 1.82) is 0 Å². The Hall–Kier alpha value is -2.99. The molecule has 31 heavy (non-hydrogen) atoms. The normalized spacial score (nSPS) is 16.2. The van der Waals surface area contributed by atoms with E-state index in [1.54, 1.807) is 37.6 Å². The van der Waals surface area contributed by atoms with Gasteiger partial charge in [0.1, 0.15) is 17.3 Å². The first-order valence-electron chi connectivity index (χ1n) is 10.3. The van der Waals surface area contributed by atoms with Crippen LogP contribution in [-0.4, -0.2) is 42.6 Å². The number of carbonyl (C=O) groups excluding carboxylic acids is 1. The van der Waals surface area contributed by atoms with E-state index in [1.165, 1.54) is 0 Å². The van der Waals surface area contributed by atoms with Gasteiger partial charge in [-0.05, 0) is 54.8 Å². The zero-order valence-electron chi connectivity index (χ0n) is 17.4. The Bertz CT molecular complexity index is 1000. The number of amides is 1. The van der Waals surface area contributed by atoms with Gasteiger partial charge in [0.25, 0.3) is 5.91 Å². The minimum Gasteiger partial charge on any atom is -0.497 e. The minimum absolute atomic E-state index is 0.00640. The van der Waals surface area contributed by atoms with Gasteiger partial charge in [-0.15, -0.1) is 0 Å². The Kier molecular flexibility index (Phi) is 6.77. The first kappa shape index (κ1) is 21.2. The standard InChI is InChI=1S/C24H25ClN2O4/c1-29-20-8-10-21(11-9-20)30-16-23(28)27-12-2-3-18(15-27)24-26-14-22(31-24)13-17-4-6-19(25)7-5-17/h4-11,14,18H,2-3,12-13,15-16H2,1H3/t18-/m0/s1. The van der Waals surface area contributed by atoms with Gasteiger partial charge < -0.3 is 18.8 Å². The molecule has 3 aromatic rings. The summed E-state index contributed by atoms with van der Waals surface area (Å²) < 4.78 is 16.8. The monoisotopic (exact) mass is 440 g/mol. The molecular weight excluding hydrogens is 416 g/mol. The van der Waals surface area contributed by atoms with Crippen molar-refractivity contribution in [3.63, 3.8) is 0 Å². The lowest BCUT2D eigenvalue weighted by molar-refractivity contribution is -0.134. The van der Waals surface area contributed by atoms with Gasteiger partial charge in [0.05, 0.1) is 19.2 Å². The minimum atomic E-state index is -0.0338. The highest BCUT2D eigenvalue weighted by molar-refractivity contribution is 6.30. The highest BCUT2D eigenvalue weighted by atomic mass is 35.5. The molecule has 1 aliphatic heterocycles. The number of rotatable bonds is 7. The summed E-state index contributed by atoms with van der Waals surface area (Å²) in [6.07, 6.45) is 4.30. The van der Waals surface area contributed by atoms with Crippen LogP contribution in [0.4, 0.5) is 0 Å². The second-order valence-electron chi connectivity index (χ2n) is 7.61. The molecule has 1 atom stereocenters. The molecule has 0 N–H and O–H groups in total. The highest BCUT2D eigenvalue weighted by Gasteiger charge is 2.28. The second-order valence-corrected chi connectivity index (χ2v) is 8.05. The van der Waals surface area contributed by atoms with E-state index < -0.39 is 0 Å². The number of hydrogen-bond donors (Lipinski definition) is 0.